The largest absolute Gasteiger partial charge is 0.497 e. The van der Waals surface area contributed by atoms with E-state index in [2.05, 4.69) is 52.3 Å². The first-order valence-corrected chi connectivity index (χ1v) is 10.0. The van der Waals surface area contributed by atoms with E-state index >= 15 is 0 Å². The van der Waals surface area contributed by atoms with Crippen LogP contribution in [0.1, 0.15) is 11.1 Å². The van der Waals surface area contributed by atoms with Crippen LogP contribution in [0, 0.1) is 6.92 Å². The SMILES string of the molecule is COc1ccc2cc(CNc3ccc(N4CCN(C)CC4)cc3C)c(=O)[nH]c2c1. The lowest BCUT2D eigenvalue weighted by Crippen LogP contribution is -2.44. The Kier molecular flexibility index (Phi) is 5.45. The number of aryl methyl sites for hydroxylation is 1. The molecule has 3 aromatic rings. The summed E-state index contributed by atoms with van der Waals surface area (Å²) in [5.74, 6) is 0.732. The van der Waals surface area contributed by atoms with Crippen LogP contribution in [-0.4, -0.2) is 50.2 Å². The van der Waals surface area contributed by atoms with E-state index in [1.54, 1.807) is 7.11 Å². The maximum atomic E-state index is 12.5. The summed E-state index contributed by atoms with van der Waals surface area (Å²) >= 11 is 0. The number of likely N-dealkylation sites (N-methyl/N-ethyl adjacent to an activating group) is 1. The van der Waals surface area contributed by atoms with E-state index in [0.29, 0.717) is 12.1 Å². The average molecular weight is 393 g/mol. The molecule has 1 saturated heterocycles. The van der Waals surface area contributed by atoms with Crippen molar-refractivity contribution < 1.29 is 4.74 Å². The minimum atomic E-state index is -0.0787. The predicted octanol–water partition coefficient (Wildman–Crippen LogP) is 3.21. The number of fused-ring (bicyclic) bond motifs is 1. The lowest BCUT2D eigenvalue weighted by atomic mass is 10.1. The molecule has 1 aromatic heterocycles. The van der Waals surface area contributed by atoms with Crippen molar-refractivity contribution in [2.45, 2.75) is 13.5 Å². The quantitative estimate of drug-likeness (QED) is 0.698. The van der Waals surface area contributed by atoms with Crippen LogP contribution in [0.2, 0.25) is 0 Å². The Morgan fingerprint density at radius 1 is 1.07 bits per heavy atom. The van der Waals surface area contributed by atoms with Crippen LogP contribution in [0.15, 0.2) is 47.3 Å². The summed E-state index contributed by atoms with van der Waals surface area (Å²) in [6.45, 7) is 6.88. The molecule has 1 aliphatic rings. The molecule has 6 heteroatoms. The Labute approximate surface area is 171 Å². The molecule has 2 aromatic carbocycles. The van der Waals surface area contributed by atoms with E-state index in [0.717, 1.165) is 48.5 Å². The summed E-state index contributed by atoms with van der Waals surface area (Å²) in [7, 11) is 3.79. The summed E-state index contributed by atoms with van der Waals surface area (Å²) in [5, 5.41) is 4.41. The molecule has 0 unspecified atom stereocenters. The number of methoxy groups -OCH3 is 1. The third-order valence-electron chi connectivity index (χ3n) is 5.68. The third kappa shape index (κ3) is 4.22. The fourth-order valence-electron chi connectivity index (χ4n) is 3.78. The van der Waals surface area contributed by atoms with Crippen molar-refractivity contribution in [1.29, 1.82) is 0 Å². The van der Waals surface area contributed by atoms with Crippen LogP contribution in [0.25, 0.3) is 10.9 Å². The Hall–Kier alpha value is -2.99. The van der Waals surface area contributed by atoms with Gasteiger partial charge in [-0.15, -0.1) is 0 Å². The van der Waals surface area contributed by atoms with Gasteiger partial charge in [0.05, 0.1) is 12.6 Å². The van der Waals surface area contributed by atoms with Crippen LogP contribution in [0.5, 0.6) is 5.75 Å². The first kappa shape index (κ1) is 19.3. The van der Waals surface area contributed by atoms with Crippen molar-refractivity contribution in [3.63, 3.8) is 0 Å². The molecule has 152 valence electrons. The zero-order valence-electron chi connectivity index (χ0n) is 17.3. The maximum absolute atomic E-state index is 12.5. The van der Waals surface area contributed by atoms with Gasteiger partial charge in [-0.1, -0.05) is 0 Å². The van der Waals surface area contributed by atoms with Gasteiger partial charge in [-0.2, -0.15) is 0 Å². The number of benzene rings is 2. The topological polar surface area (TPSA) is 60.6 Å². The van der Waals surface area contributed by atoms with Gasteiger partial charge in [0.25, 0.3) is 5.56 Å². The Morgan fingerprint density at radius 2 is 1.86 bits per heavy atom. The van der Waals surface area contributed by atoms with E-state index in [4.69, 9.17) is 4.74 Å². The fraction of sp³-hybridized carbons (Fsp3) is 0.348. The summed E-state index contributed by atoms with van der Waals surface area (Å²) in [6, 6.07) is 14.2. The van der Waals surface area contributed by atoms with Gasteiger partial charge in [-0.25, -0.2) is 0 Å². The molecular formula is C23H28N4O2. The highest BCUT2D eigenvalue weighted by Crippen LogP contribution is 2.24. The second kappa shape index (κ2) is 8.17. The van der Waals surface area contributed by atoms with Gasteiger partial charge in [0.2, 0.25) is 0 Å². The monoisotopic (exact) mass is 392 g/mol. The number of hydrogen-bond donors (Lipinski definition) is 2. The zero-order chi connectivity index (χ0) is 20.4. The standard InChI is InChI=1S/C23H28N4O2/c1-16-12-19(27-10-8-26(2)9-11-27)5-7-21(16)24-15-18-13-17-4-6-20(29-3)14-22(17)25-23(18)28/h4-7,12-14,24H,8-11,15H2,1-3H3,(H,25,28). The molecule has 0 saturated carbocycles. The Balaban J connectivity index is 1.48. The number of aromatic amines is 1. The summed E-state index contributed by atoms with van der Waals surface area (Å²) in [6.07, 6.45) is 0. The number of nitrogens with zero attached hydrogens (tertiary/aromatic N) is 2. The van der Waals surface area contributed by atoms with Crippen LogP contribution in [0.4, 0.5) is 11.4 Å². The minimum absolute atomic E-state index is 0.0787. The Bertz CT molecular complexity index is 1070. The number of nitrogens with one attached hydrogen (secondary N) is 2. The average Bonchev–Trinajstić information content (AvgIpc) is 2.73. The van der Waals surface area contributed by atoms with Crippen molar-refractivity contribution >= 4 is 22.3 Å². The molecule has 0 radical (unpaired) electrons. The van der Waals surface area contributed by atoms with Crippen LogP contribution in [-0.2, 0) is 6.54 Å². The third-order valence-corrected chi connectivity index (χ3v) is 5.68. The fourth-order valence-corrected chi connectivity index (χ4v) is 3.78. The number of aromatic nitrogens is 1. The number of hydrogen-bond acceptors (Lipinski definition) is 5. The minimum Gasteiger partial charge on any atom is -0.497 e. The normalized spacial score (nSPS) is 14.9. The molecule has 1 aliphatic heterocycles. The molecule has 0 atom stereocenters. The molecule has 0 amide bonds. The molecule has 2 heterocycles. The van der Waals surface area contributed by atoms with E-state index in [1.807, 2.05) is 24.3 Å². The molecule has 0 aliphatic carbocycles. The molecule has 0 spiro atoms. The highest BCUT2D eigenvalue weighted by Gasteiger charge is 2.15. The first-order chi connectivity index (χ1) is 14.0. The van der Waals surface area contributed by atoms with Crippen LogP contribution in [0.3, 0.4) is 0 Å². The zero-order valence-corrected chi connectivity index (χ0v) is 17.3. The van der Waals surface area contributed by atoms with Gasteiger partial charge in [0, 0.05) is 55.7 Å². The summed E-state index contributed by atoms with van der Waals surface area (Å²) in [4.78, 5) is 20.2. The molecule has 4 rings (SSSR count). The van der Waals surface area contributed by atoms with Crippen LogP contribution >= 0.6 is 0 Å². The molecular weight excluding hydrogens is 364 g/mol. The predicted molar refractivity (Wildman–Crippen MR) is 119 cm³/mol. The number of pyridine rings is 1. The second-order valence-electron chi connectivity index (χ2n) is 7.72. The van der Waals surface area contributed by atoms with Crippen molar-refractivity contribution in [2.75, 3.05) is 50.6 Å². The highest BCUT2D eigenvalue weighted by molar-refractivity contribution is 5.80. The van der Waals surface area contributed by atoms with Gasteiger partial charge >= 0.3 is 0 Å². The lowest BCUT2D eigenvalue weighted by molar-refractivity contribution is 0.313. The molecule has 0 bridgehead atoms. The number of H-pyrrole nitrogens is 1. The van der Waals surface area contributed by atoms with Gasteiger partial charge < -0.3 is 24.8 Å². The smallest absolute Gasteiger partial charge is 0.253 e. The molecule has 1 fully saturated rings. The second-order valence-corrected chi connectivity index (χ2v) is 7.72. The van der Waals surface area contributed by atoms with E-state index in [-0.39, 0.29) is 5.56 Å². The van der Waals surface area contributed by atoms with Crippen molar-refractivity contribution in [3.05, 3.63) is 63.9 Å². The molecule has 2 N–H and O–H groups in total. The number of ether oxygens (including phenoxy) is 1. The van der Waals surface area contributed by atoms with E-state index in [9.17, 15) is 4.79 Å². The number of piperazine rings is 1. The van der Waals surface area contributed by atoms with Crippen molar-refractivity contribution in [2.24, 2.45) is 0 Å². The molecule has 29 heavy (non-hydrogen) atoms. The highest BCUT2D eigenvalue weighted by atomic mass is 16.5. The van der Waals surface area contributed by atoms with Gasteiger partial charge in [0.15, 0.2) is 0 Å². The van der Waals surface area contributed by atoms with Gasteiger partial charge in [-0.3, -0.25) is 4.79 Å². The van der Waals surface area contributed by atoms with Gasteiger partial charge in [0.1, 0.15) is 5.75 Å². The van der Waals surface area contributed by atoms with E-state index in [1.165, 1.54) is 11.3 Å². The molecule has 6 nitrogen and oxygen atoms in total. The maximum Gasteiger partial charge on any atom is 0.253 e. The summed E-state index contributed by atoms with van der Waals surface area (Å²) in [5.41, 5.74) is 4.92. The summed E-state index contributed by atoms with van der Waals surface area (Å²) < 4.78 is 5.23. The lowest BCUT2D eigenvalue weighted by Gasteiger charge is -2.34. The number of anilines is 2. The van der Waals surface area contributed by atoms with E-state index < -0.39 is 0 Å². The van der Waals surface area contributed by atoms with Gasteiger partial charge in [-0.05, 0) is 61.3 Å². The van der Waals surface area contributed by atoms with Crippen LogP contribution < -0.4 is 20.5 Å². The first-order valence-electron chi connectivity index (χ1n) is 10.0. The Morgan fingerprint density at radius 3 is 2.59 bits per heavy atom. The van der Waals surface area contributed by atoms with Crippen molar-refractivity contribution in [1.82, 2.24) is 9.88 Å². The van der Waals surface area contributed by atoms with Crippen molar-refractivity contribution in [3.8, 4) is 5.75 Å². The number of rotatable bonds is 5.